The molecule has 1 aliphatic heterocycles. The van der Waals surface area contributed by atoms with Gasteiger partial charge in [-0.2, -0.15) is 22.0 Å². The highest BCUT2D eigenvalue weighted by Gasteiger charge is 2.76. The number of carbonyl (C=O) groups excluding carboxylic acids is 1. The molecule has 1 unspecified atom stereocenters. The molecule has 0 spiro atoms. The van der Waals surface area contributed by atoms with E-state index in [1.807, 2.05) is 0 Å². The number of halogens is 6. The second kappa shape index (κ2) is 6.49. The molecule has 0 aromatic carbocycles. The highest BCUT2D eigenvalue weighted by molar-refractivity contribution is 6.86. The Morgan fingerprint density at radius 3 is 2.12 bits per heavy atom. The molecule has 0 aromatic heterocycles. The molecule has 0 aliphatic carbocycles. The number of hydrogen-bond donors (Lipinski definition) is 0. The minimum absolute atomic E-state index is 0.426. The first-order valence-corrected chi connectivity index (χ1v) is 10.3. The van der Waals surface area contributed by atoms with Gasteiger partial charge in [0.2, 0.25) is 0 Å². The van der Waals surface area contributed by atoms with Crippen LogP contribution in [0.4, 0.5) is 31.1 Å². The van der Waals surface area contributed by atoms with Crippen LogP contribution in [-0.4, -0.2) is 45.3 Å². The molecule has 11 heteroatoms. The lowest BCUT2D eigenvalue weighted by atomic mass is 10.1. The molecule has 0 saturated carbocycles. The van der Waals surface area contributed by atoms with Gasteiger partial charge in [0.15, 0.2) is 6.61 Å². The van der Waals surface area contributed by atoms with Crippen LogP contribution >= 0.6 is 0 Å². The van der Waals surface area contributed by atoms with Crippen LogP contribution in [0.2, 0.25) is 18.1 Å². The van der Waals surface area contributed by atoms with Gasteiger partial charge in [0.25, 0.3) is 0 Å². The zero-order valence-electron chi connectivity index (χ0n) is 14.4. The largest absolute Gasteiger partial charge is 0.511 e. The Morgan fingerprint density at radius 1 is 1.24 bits per heavy atom. The van der Waals surface area contributed by atoms with E-state index in [4.69, 9.17) is 0 Å². The molecule has 0 aromatic rings. The third kappa shape index (κ3) is 3.96. The minimum Gasteiger partial charge on any atom is -0.427 e. The third-order valence-corrected chi connectivity index (χ3v) is 9.66. The van der Waals surface area contributed by atoms with Crippen molar-refractivity contribution in [2.75, 3.05) is 13.2 Å². The highest BCUT2D eigenvalue weighted by Crippen LogP contribution is 2.48. The van der Waals surface area contributed by atoms with Crippen LogP contribution in [0.3, 0.4) is 0 Å². The molecule has 0 N–H and O–H groups in total. The quantitative estimate of drug-likeness (QED) is 0.375. The molecular weight excluding hydrogens is 374 g/mol. The van der Waals surface area contributed by atoms with Crippen molar-refractivity contribution in [3.63, 3.8) is 0 Å². The first kappa shape index (κ1) is 21.8. The Morgan fingerprint density at radius 2 is 1.76 bits per heavy atom. The molecule has 0 amide bonds. The number of cyclic esters (lactones) is 2. The number of rotatable bonds is 5. The van der Waals surface area contributed by atoms with E-state index in [9.17, 15) is 31.1 Å². The summed E-state index contributed by atoms with van der Waals surface area (Å²) in [6.45, 7) is 6.32. The summed E-state index contributed by atoms with van der Waals surface area (Å²) >= 11 is 0. The molecule has 1 heterocycles. The van der Waals surface area contributed by atoms with Gasteiger partial charge in [-0.1, -0.05) is 33.9 Å². The number of carbonyl (C=O) groups is 1. The number of ether oxygens (including phenoxy) is 3. The van der Waals surface area contributed by atoms with Crippen LogP contribution in [0, 0.1) is 0 Å². The first-order valence-electron chi connectivity index (χ1n) is 7.28. The summed E-state index contributed by atoms with van der Waals surface area (Å²) in [6, 6.07) is 0. The standard InChI is InChI=1S/C14H20F6O4Si/c1-11(2,3)25(4,5)9(15)6-7-23-12(8-22-10(21)24-12)13(16,17)14(18,19)20/h6H,7-8H2,1-5H3/b9-6+. The van der Waals surface area contributed by atoms with Crippen molar-refractivity contribution in [1.82, 2.24) is 0 Å². The molecule has 146 valence electrons. The van der Waals surface area contributed by atoms with Crippen molar-refractivity contribution in [3.8, 4) is 0 Å². The lowest BCUT2D eigenvalue weighted by molar-refractivity contribution is -0.391. The van der Waals surface area contributed by atoms with Gasteiger partial charge in [0, 0.05) is 0 Å². The van der Waals surface area contributed by atoms with E-state index in [1.165, 1.54) is 0 Å². The number of alkyl halides is 5. The van der Waals surface area contributed by atoms with E-state index < -0.39 is 55.8 Å². The molecule has 1 rings (SSSR count). The highest BCUT2D eigenvalue weighted by atomic mass is 28.3. The summed E-state index contributed by atoms with van der Waals surface area (Å²) in [4.78, 5) is 10.9. The molecule has 25 heavy (non-hydrogen) atoms. The van der Waals surface area contributed by atoms with Crippen LogP contribution in [0.1, 0.15) is 20.8 Å². The monoisotopic (exact) mass is 394 g/mol. The van der Waals surface area contributed by atoms with Crippen molar-refractivity contribution in [2.45, 2.75) is 56.8 Å². The molecule has 1 fully saturated rings. The molecule has 1 saturated heterocycles. The average molecular weight is 394 g/mol. The van der Waals surface area contributed by atoms with Gasteiger partial charge >= 0.3 is 24.0 Å². The van der Waals surface area contributed by atoms with E-state index in [-0.39, 0.29) is 0 Å². The van der Waals surface area contributed by atoms with E-state index in [1.54, 1.807) is 33.9 Å². The fraction of sp³-hybridized carbons (Fsp3) is 0.786. The molecule has 1 atom stereocenters. The normalized spacial score (nSPS) is 23.5. The number of hydrogen-bond acceptors (Lipinski definition) is 4. The summed E-state index contributed by atoms with van der Waals surface area (Å²) in [5.74, 6) is -9.22. The minimum atomic E-state index is -6.05. The van der Waals surface area contributed by atoms with Crippen molar-refractivity contribution in [3.05, 3.63) is 11.5 Å². The predicted octanol–water partition coefficient (Wildman–Crippen LogP) is 4.96. The second-order valence-electron chi connectivity index (χ2n) is 7.20. The fourth-order valence-electron chi connectivity index (χ4n) is 1.74. The van der Waals surface area contributed by atoms with Crippen molar-refractivity contribution >= 4 is 14.2 Å². The first-order chi connectivity index (χ1) is 11.0. The zero-order chi connectivity index (χ0) is 19.9. The predicted molar refractivity (Wildman–Crippen MR) is 78.5 cm³/mol. The maximum atomic E-state index is 14.4. The lowest BCUT2D eigenvalue weighted by Gasteiger charge is -2.36. The fourth-order valence-corrected chi connectivity index (χ4v) is 3.05. The summed E-state index contributed by atoms with van der Waals surface area (Å²) in [6.07, 6.45) is -6.99. The van der Waals surface area contributed by atoms with Crippen molar-refractivity contribution in [1.29, 1.82) is 0 Å². The molecule has 4 nitrogen and oxygen atoms in total. The van der Waals surface area contributed by atoms with Gasteiger partial charge in [0.1, 0.15) is 8.07 Å². The van der Waals surface area contributed by atoms with Gasteiger partial charge in [-0.15, -0.1) is 0 Å². The Hall–Kier alpha value is -1.23. The Kier molecular flexibility index (Phi) is 5.66. The maximum Gasteiger partial charge on any atom is 0.511 e. The summed E-state index contributed by atoms with van der Waals surface area (Å²) in [5.41, 5.74) is -0.629. The topological polar surface area (TPSA) is 44.8 Å². The molecule has 1 aliphatic rings. The molecule has 0 radical (unpaired) electrons. The van der Waals surface area contributed by atoms with Crippen LogP contribution in [-0.2, 0) is 14.2 Å². The van der Waals surface area contributed by atoms with Crippen LogP contribution in [0.25, 0.3) is 0 Å². The van der Waals surface area contributed by atoms with Gasteiger partial charge in [-0.3, -0.25) is 0 Å². The second-order valence-corrected chi connectivity index (χ2v) is 12.4. The van der Waals surface area contributed by atoms with Crippen molar-refractivity contribution in [2.24, 2.45) is 0 Å². The van der Waals surface area contributed by atoms with E-state index >= 15 is 0 Å². The SMILES string of the molecule is CC(C)(C)[Si](C)(C)/C(F)=C/COC1(C(F)(F)C(F)(F)F)COC(=O)O1. The summed E-state index contributed by atoms with van der Waals surface area (Å²) in [5, 5.41) is -0.426. The smallest absolute Gasteiger partial charge is 0.427 e. The van der Waals surface area contributed by atoms with E-state index in [2.05, 4.69) is 14.2 Å². The Bertz CT molecular complexity index is 553. The van der Waals surface area contributed by atoms with Gasteiger partial charge in [-0.25, -0.2) is 9.18 Å². The van der Waals surface area contributed by atoms with E-state index in [0.717, 1.165) is 6.08 Å². The zero-order valence-corrected chi connectivity index (χ0v) is 15.4. The van der Waals surface area contributed by atoms with Gasteiger partial charge in [0.05, 0.1) is 12.1 Å². The van der Waals surface area contributed by atoms with Crippen LogP contribution in [0.15, 0.2) is 11.5 Å². The molecular formula is C14H20F6O4Si. The van der Waals surface area contributed by atoms with Crippen molar-refractivity contribution < 1.29 is 45.3 Å². The average Bonchev–Trinajstić information content (AvgIpc) is 2.79. The summed E-state index contributed by atoms with van der Waals surface area (Å²) in [7, 11) is -2.64. The maximum absolute atomic E-state index is 14.4. The van der Waals surface area contributed by atoms with Gasteiger partial charge < -0.3 is 14.2 Å². The van der Waals surface area contributed by atoms with E-state index in [0.29, 0.717) is 0 Å². The van der Waals surface area contributed by atoms with Crippen LogP contribution < -0.4 is 0 Å². The Balaban J connectivity index is 3.04. The molecule has 0 bridgehead atoms. The van der Waals surface area contributed by atoms with Crippen LogP contribution in [0.5, 0.6) is 0 Å². The third-order valence-electron chi connectivity index (χ3n) is 4.51. The Labute approximate surface area is 142 Å². The lowest BCUT2D eigenvalue weighted by Crippen LogP contribution is -2.60. The summed E-state index contributed by atoms with van der Waals surface area (Å²) < 4.78 is 92.2. The van der Waals surface area contributed by atoms with Gasteiger partial charge in [-0.05, 0) is 11.1 Å².